The molecule has 1 saturated heterocycles. The summed E-state index contributed by atoms with van der Waals surface area (Å²) in [5.74, 6) is -0.876. The molecule has 0 unspecified atom stereocenters. The first kappa shape index (κ1) is 18.9. The first-order valence-corrected chi connectivity index (χ1v) is 8.97. The lowest BCUT2D eigenvalue weighted by molar-refractivity contribution is 0.0705. The number of nitrogens with one attached hydrogen (secondary N) is 2. The minimum absolute atomic E-state index is 0.262. The minimum Gasteiger partial charge on any atom is -0.372 e. The Hall–Kier alpha value is -2.90. The fraction of sp³-hybridized carbons (Fsp3) is 0.300. The highest BCUT2D eigenvalue weighted by atomic mass is 16.5. The highest BCUT2D eigenvalue weighted by molar-refractivity contribution is 5.97. The van der Waals surface area contributed by atoms with E-state index in [1.165, 1.54) is 30.7 Å². The second-order valence-electron chi connectivity index (χ2n) is 6.68. The van der Waals surface area contributed by atoms with Crippen molar-refractivity contribution in [2.75, 3.05) is 25.0 Å². The Morgan fingerprint density at radius 2 is 1.52 bits per heavy atom. The van der Waals surface area contributed by atoms with Crippen LogP contribution in [0.15, 0.2) is 48.5 Å². The molecular formula is C20H24N4O3. The molecule has 1 aliphatic rings. The second-order valence-corrected chi connectivity index (χ2v) is 6.68. The fourth-order valence-corrected chi connectivity index (χ4v) is 3.18. The van der Waals surface area contributed by atoms with E-state index < -0.39 is 5.91 Å². The molecule has 0 bridgehead atoms. The maximum absolute atomic E-state index is 12.3. The van der Waals surface area contributed by atoms with Crippen molar-refractivity contribution in [1.82, 2.24) is 15.9 Å². The smallest absolute Gasteiger partial charge is 0.274 e. The van der Waals surface area contributed by atoms with Crippen LogP contribution in [0.3, 0.4) is 0 Å². The molecule has 3 N–H and O–H groups in total. The number of amides is 2. The molecule has 2 aromatic rings. The molecule has 27 heavy (non-hydrogen) atoms. The molecule has 7 nitrogen and oxygen atoms in total. The lowest BCUT2D eigenvalue weighted by Crippen LogP contribution is -2.38. The lowest BCUT2D eigenvalue weighted by Gasteiger charge is -2.20. The average Bonchev–Trinajstić information content (AvgIpc) is 3.22. The van der Waals surface area contributed by atoms with Crippen LogP contribution < -0.4 is 15.8 Å². The van der Waals surface area contributed by atoms with Gasteiger partial charge in [-0.2, -0.15) is 0 Å². The molecule has 0 radical (unpaired) electrons. The van der Waals surface area contributed by atoms with E-state index in [0.717, 1.165) is 18.7 Å². The normalized spacial score (nSPS) is 13.7. The third kappa shape index (κ3) is 4.84. The van der Waals surface area contributed by atoms with Crippen LogP contribution in [0.5, 0.6) is 0 Å². The average molecular weight is 368 g/mol. The highest BCUT2D eigenvalue weighted by Crippen LogP contribution is 2.20. The van der Waals surface area contributed by atoms with Gasteiger partial charge in [-0.3, -0.25) is 20.2 Å². The van der Waals surface area contributed by atoms with Crippen LogP contribution in [0.25, 0.3) is 0 Å². The molecule has 0 spiro atoms. The van der Waals surface area contributed by atoms with Gasteiger partial charge in [-0.15, -0.1) is 0 Å². The zero-order chi connectivity index (χ0) is 19.2. The number of rotatable bonds is 6. The maximum atomic E-state index is 12.3. The van der Waals surface area contributed by atoms with Crippen LogP contribution in [0.1, 0.15) is 39.1 Å². The molecule has 1 fully saturated rings. The summed E-state index contributed by atoms with van der Waals surface area (Å²) in [6.45, 7) is 2.82. The summed E-state index contributed by atoms with van der Waals surface area (Å²) in [6, 6.07) is 14.5. The van der Waals surface area contributed by atoms with E-state index in [1.807, 2.05) is 0 Å². The van der Waals surface area contributed by atoms with Gasteiger partial charge in [0.25, 0.3) is 11.8 Å². The number of carbonyl (C=O) groups is 2. The third-order valence-electron chi connectivity index (χ3n) is 4.63. The Morgan fingerprint density at radius 3 is 2.07 bits per heavy atom. The Morgan fingerprint density at radius 1 is 0.963 bits per heavy atom. The zero-order valence-corrected chi connectivity index (χ0v) is 15.3. The number of benzene rings is 2. The van der Waals surface area contributed by atoms with E-state index >= 15 is 0 Å². The van der Waals surface area contributed by atoms with Gasteiger partial charge in [0.05, 0.1) is 0 Å². The van der Waals surface area contributed by atoms with Crippen molar-refractivity contribution in [3.05, 3.63) is 65.2 Å². The number of hydroxylamine groups is 1. The van der Waals surface area contributed by atoms with E-state index in [2.05, 4.69) is 34.6 Å². The molecule has 3 rings (SSSR count). The van der Waals surface area contributed by atoms with Gasteiger partial charge in [0.1, 0.15) is 0 Å². The molecule has 0 saturated carbocycles. The summed E-state index contributed by atoms with van der Waals surface area (Å²) in [7, 11) is 1.81. The maximum Gasteiger partial charge on any atom is 0.274 e. The van der Waals surface area contributed by atoms with E-state index in [-0.39, 0.29) is 11.5 Å². The van der Waals surface area contributed by atoms with Crippen LogP contribution in [0.2, 0.25) is 0 Å². The molecule has 0 atom stereocenters. The van der Waals surface area contributed by atoms with Crippen LogP contribution in [0.4, 0.5) is 5.69 Å². The van der Waals surface area contributed by atoms with Crippen LogP contribution in [-0.2, 0) is 6.54 Å². The van der Waals surface area contributed by atoms with Crippen LogP contribution in [0, 0.1) is 0 Å². The van der Waals surface area contributed by atoms with Crippen LogP contribution in [-0.4, -0.2) is 42.2 Å². The predicted octanol–water partition coefficient (Wildman–Crippen LogP) is 2.18. The number of carbonyl (C=O) groups excluding carboxylic acids is 2. The van der Waals surface area contributed by atoms with Crippen molar-refractivity contribution < 1.29 is 14.8 Å². The summed E-state index contributed by atoms with van der Waals surface area (Å²) >= 11 is 0. The summed E-state index contributed by atoms with van der Waals surface area (Å²) < 4.78 is 0. The number of nitrogens with zero attached hydrogens (tertiary/aromatic N) is 2. The van der Waals surface area contributed by atoms with Gasteiger partial charge in [-0.05, 0) is 54.8 Å². The monoisotopic (exact) mass is 368 g/mol. The largest absolute Gasteiger partial charge is 0.372 e. The SMILES string of the molecule is CN(Cc1ccc(N2CCCC2)cc1)NC(=O)c1ccc(C(=O)NO)cc1. The van der Waals surface area contributed by atoms with Crippen molar-refractivity contribution in [2.45, 2.75) is 19.4 Å². The van der Waals surface area contributed by atoms with Gasteiger partial charge in [-0.1, -0.05) is 12.1 Å². The molecule has 0 aliphatic carbocycles. The van der Waals surface area contributed by atoms with Gasteiger partial charge in [0.2, 0.25) is 0 Å². The van der Waals surface area contributed by atoms with Gasteiger partial charge >= 0.3 is 0 Å². The summed E-state index contributed by atoms with van der Waals surface area (Å²) in [4.78, 5) is 26.0. The molecule has 2 aromatic carbocycles. The molecular weight excluding hydrogens is 344 g/mol. The van der Waals surface area contributed by atoms with Crippen molar-refractivity contribution in [3.8, 4) is 0 Å². The van der Waals surface area contributed by atoms with Crippen molar-refractivity contribution >= 4 is 17.5 Å². The van der Waals surface area contributed by atoms with Crippen molar-refractivity contribution in [2.24, 2.45) is 0 Å². The molecule has 142 valence electrons. The highest BCUT2D eigenvalue weighted by Gasteiger charge is 2.13. The predicted molar refractivity (Wildman–Crippen MR) is 103 cm³/mol. The van der Waals surface area contributed by atoms with E-state index in [1.54, 1.807) is 29.7 Å². The Kier molecular flexibility index (Phi) is 6.05. The van der Waals surface area contributed by atoms with Gasteiger partial charge in [0.15, 0.2) is 0 Å². The van der Waals surface area contributed by atoms with E-state index in [4.69, 9.17) is 5.21 Å². The molecule has 0 aromatic heterocycles. The van der Waals surface area contributed by atoms with E-state index in [0.29, 0.717) is 12.1 Å². The number of anilines is 1. The number of hydrogen-bond acceptors (Lipinski definition) is 5. The fourth-order valence-electron chi connectivity index (χ4n) is 3.18. The lowest BCUT2D eigenvalue weighted by atomic mass is 10.1. The Labute approximate surface area is 158 Å². The standard InChI is InChI=1S/C20H24N4O3/c1-23(14-15-4-10-18(11-5-15)24-12-2-3-13-24)21-19(25)16-6-8-17(9-7-16)20(26)22-27/h4-11,27H,2-3,12-14H2,1H3,(H,21,25)(H,22,26). The van der Waals surface area contributed by atoms with Gasteiger partial charge in [0, 0.05) is 43.5 Å². The summed E-state index contributed by atoms with van der Waals surface area (Å²) in [6.07, 6.45) is 2.50. The minimum atomic E-state index is -0.614. The summed E-state index contributed by atoms with van der Waals surface area (Å²) in [5, 5.41) is 10.3. The first-order chi connectivity index (χ1) is 13.1. The third-order valence-corrected chi connectivity index (χ3v) is 4.63. The molecule has 1 heterocycles. The summed E-state index contributed by atoms with van der Waals surface area (Å²) in [5.41, 5.74) is 7.43. The quantitative estimate of drug-likeness (QED) is 0.538. The zero-order valence-electron chi connectivity index (χ0n) is 15.3. The van der Waals surface area contributed by atoms with Crippen molar-refractivity contribution in [3.63, 3.8) is 0 Å². The van der Waals surface area contributed by atoms with Gasteiger partial charge in [-0.25, -0.2) is 10.5 Å². The second kappa shape index (κ2) is 8.66. The van der Waals surface area contributed by atoms with Crippen molar-refractivity contribution in [1.29, 1.82) is 0 Å². The number of hydrogen-bond donors (Lipinski definition) is 3. The topological polar surface area (TPSA) is 84.9 Å². The Bertz CT molecular complexity index is 784. The Balaban J connectivity index is 1.54. The van der Waals surface area contributed by atoms with E-state index in [9.17, 15) is 9.59 Å². The van der Waals surface area contributed by atoms with Crippen LogP contribution >= 0.6 is 0 Å². The first-order valence-electron chi connectivity index (χ1n) is 8.97. The number of hydrazine groups is 1. The molecule has 1 aliphatic heterocycles. The van der Waals surface area contributed by atoms with Gasteiger partial charge < -0.3 is 4.90 Å². The molecule has 7 heteroatoms. The molecule has 2 amide bonds.